The maximum atomic E-state index is 11.5. The van der Waals surface area contributed by atoms with E-state index in [4.69, 9.17) is 0 Å². The minimum atomic E-state index is -0.579. The van der Waals surface area contributed by atoms with Crippen molar-refractivity contribution in [1.29, 1.82) is 0 Å². The molecule has 1 aliphatic carbocycles. The molecular weight excluding hydrogens is 238 g/mol. The van der Waals surface area contributed by atoms with Gasteiger partial charge in [-0.15, -0.1) is 0 Å². The molecule has 0 spiro atoms. The Hall–Kier alpha value is -0.570. The van der Waals surface area contributed by atoms with E-state index in [-0.39, 0.29) is 0 Å². The van der Waals surface area contributed by atoms with Crippen LogP contribution < -0.4 is 0 Å². The molecule has 2 rings (SSSR count). The lowest BCUT2D eigenvalue weighted by molar-refractivity contribution is -0.153. The van der Waals surface area contributed by atoms with Crippen molar-refractivity contribution in [2.45, 2.75) is 71.3 Å². The highest BCUT2D eigenvalue weighted by Gasteiger charge is 2.41. The number of rotatable bonds is 4. The zero-order chi connectivity index (χ0) is 13.9. The van der Waals surface area contributed by atoms with Crippen LogP contribution >= 0.6 is 0 Å². The van der Waals surface area contributed by atoms with Crippen LogP contribution in [0.4, 0.5) is 0 Å². The molecule has 2 fully saturated rings. The van der Waals surface area contributed by atoms with Gasteiger partial charge in [0.15, 0.2) is 0 Å². The smallest absolute Gasteiger partial charge is 0.309 e. The van der Waals surface area contributed by atoms with Crippen molar-refractivity contribution in [1.82, 2.24) is 4.90 Å². The molecule has 2 aliphatic rings. The monoisotopic (exact) mass is 267 g/mol. The van der Waals surface area contributed by atoms with E-state index in [1.807, 2.05) is 6.92 Å². The molecule has 0 aromatic carbocycles. The van der Waals surface area contributed by atoms with E-state index in [9.17, 15) is 9.90 Å². The van der Waals surface area contributed by atoms with Crippen molar-refractivity contribution in [3.63, 3.8) is 0 Å². The maximum absolute atomic E-state index is 11.5. The van der Waals surface area contributed by atoms with Crippen LogP contribution in [0.15, 0.2) is 0 Å². The van der Waals surface area contributed by atoms with Crippen molar-refractivity contribution in [3.05, 3.63) is 0 Å². The van der Waals surface area contributed by atoms with Gasteiger partial charge in [0, 0.05) is 6.04 Å². The SMILES string of the molecule is CCC1CCCC(N2CCC(CC)(C(=O)O)CC2)C1. The van der Waals surface area contributed by atoms with Gasteiger partial charge in [0.2, 0.25) is 0 Å². The summed E-state index contributed by atoms with van der Waals surface area (Å²) in [5.74, 6) is 0.320. The first kappa shape index (κ1) is 14.8. The Morgan fingerprint density at radius 2 is 1.95 bits per heavy atom. The number of carboxylic acids is 1. The average Bonchev–Trinajstić information content (AvgIpc) is 2.47. The molecule has 3 heteroatoms. The Bertz CT molecular complexity index is 308. The molecule has 19 heavy (non-hydrogen) atoms. The Kier molecular flexibility index (Phi) is 4.88. The van der Waals surface area contributed by atoms with Crippen LogP contribution in [0.1, 0.15) is 65.2 Å². The van der Waals surface area contributed by atoms with Crippen LogP contribution in [0, 0.1) is 11.3 Å². The normalized spacial score (nSPS) is 32.1. The van der Waals surface area contributed by atoms with E-state index in [2.05, 4.69) is 11.8 Å². The van der Waals surface area contributed by atoms with Gasteiger partial charge < -0.3 is 10.0 Å². The lowest BCUT2D eigenvalue weighted by Gasteiger charge is -2.44. The fraction of sp³-hybridized carbons (Fsp3) is 0.938. The van der Waals surface area contributed by atoms with Gasteiger partial charge in [0.05, 0.1) is 5.41 Å². The summed E-state index contributed by atoms with van der Waals surface area (Å²) in [4.78, 5) is 14.1. The van der Waals surface area contributed by atoms with E-state index in [0.717, 1.165) is 44.3 Å². The first-order valence-electron chi connectivity index (χ1n) is 8.08. The second-order valence-electron chi connectivity index (χ2n) is 6.57. The molecule has 0 bridgehead atoms. The number of carboxylic acid groups (broad SMARTS) is 1. The van der Waals surface area contributed by atoms with Gasteiger partial charge in [-0.1, -0.05) is 33.1 Å². The van der Waals surface area contributed by atoms with Gasteiger partial charge in [0.25, 0.3) is 0 Å². The summed E-state index contributed by atoms with van der Waals surface area (Å²) < 4.78 is 0. The van der Waals surface area contributed by atoms with Crippen molar-refractivity contribution in [2.24, 2.45) is 11.3 Å². The highest BCUT2D eigenvalue weighted by Crippen LogP contribution is 2.38. The third kappa shape index (κ3) is 3.13. The van der Waals surface area contributed by atoms with E-state index < -0.39 is 11.4 Å². The average molecular weight is 267 g/mol. The van der Waals surface area contributed by atoms with Gasteiger partial charge in [-0.25, -0.2) is 0 Å². The summed E-state index contributed by atoms with van der Waals surface area (Å²) in [7, 11) is 0. The minimum Gasteiger partial charge on any atom is -0.481 e. The van der Waals surface area contributed by atoms with Crippen molar-refractivity contribution in [3.8, 4) is 0 Å². The molecule has 2 unspecified atom stereocenters. The third-order valence-electron chi connectivity index (χ3n) is 5.73. The molecule has 1 heterocycles. The molecule has 1 saturated heterocycles. The lowest BCUT2D eigenvalue weighted by Crippen LogP contribution is -2.49. The van der Waals surface area contributed by atoms with Crippen molar-refractivity contribution >= 4 is 5.97 Å². The standard InChI is InChI=1S/C16H29NO2/c1-3-13-6-5-7-14(12-13)17-10-8-16(4-2,9-11-17)15(18)19/h13-14H,3-12H2,1-2H3,(H,18,19). The molecule has 1 N–H and O–H groups in total. The quantitative estimate of drug-likeness (QED) is 0.847. The Morgan fingerprint density at radius 3 is 2.47 bits per heavy atom. The lowest BCUT2D eigenvalue weighted by atomic mass is 9.75. The first-order valence-corrected chi connectivity index (χ1v) is 8.08. The molecule has 0 aromatic heterocycles. The number of aliphatic carboxylic acids is 1. The van der Waals surface area contributed by atoms with Gasteiger partial charge >= 0.3 is 5.97 Å². The van der Waals surface area contributed by atoms with Crippen LogP contribution in [0.25, 0.3) is 0 Å². The largest absolute Gasteiger partial charge is 0.481 e. The summed E-state index contributed by atoms with van der Waals surface area (Å²) in [6, 6.07) is 0.724. The molecule has 3 nitrogen and oxygen atoms in total. The second-order valence-corrected chi connectivity index (χ2v) is 6.57. The second kappa shape index (κ2) is 6.25. The van der Waals surface area contributed by atoms with Gasteiger partial charge in [-0.2, -0.15) is 0 Å². The fourth-order valence-electron chi connectivity index (χ4n) is 4.00. The van der Waals surface area contributed by atoms with Gasteiger partial charge in [-0.05, 0) is 51.1 Å². The topological polar surface area (TPSA) is 40.5 Å². The number of hydrogen-bond donors (Lipinski definition) is 1. The summed E-state index contributed by atoms with van der Waals surface area (Å²) in [5.41, 5.74) is -0.435. The number of piperidine rings is 1. The molecule has 0 radical (unpaired) electrons. The van der Waals surface area contributed by atoms with Crippen molar-refractivity contribution < 1.29 is 9.90 Å². The predicted octanol–water partition coefficient (Wildman–Crippen LogP) is 3.53. The van der Waals surface area contributed by atoms with E-state index >= 15 is 0 Å². The number of hydrogen-bond acceptors (Lipinski definition) is 2. The van der Waals surface area contributed by atoms with Crippen molar-refractivity contribution in [2.75, 3.05) is 13.1 Å². The van der Waals surface area contributed by atoms with Crippen LogP contribution in [0.3, 0.4) is 0 Å². The van der Waals surface area contributed by atoms with Crippen LogP contribution in [-0.4, -0.2) is 35.1 Å². The zero-order valence-electron chi connectivity index (χ0n) is 12.5. The zero-order valence-corrected chi connectivity index (χ0v) is 12.5. The molecular formula is C16H29NO2. The van der Waals surface area contributed by atoms with Gasteiger partial charge in [-0.3, -0.25) is 4.79 Å². The van der Waals surface area contributed by atoms with E-state index in [1.54, 1.807) is 0 Å². The fourth-order valence-corrected chi connectivity index (χ4v) is 4.00. The van der Waals surface area contributed by atoms with Crippen LogP contribution in [-0.2, 0) is 4.79 Å². The maximum Gasteiger partial charge on any atom is 0.309 e. The molecule has 1 aliphatic heterocycles. The molecule has 2 atom stereocenters. The summed E-state index contributed by atoms with van der Waals surface area (Å²) in [6.45, 7) is 6.30. The molecule has 110 valence electrons. The van der Waals surface area contributed by atoms with Gasteiger partial charge in [0.1, 0.15) is 0 Å². The number of nitrogens with zero attached hydrogens (tertiary/aromatic N) is 1. The van der Waals surface area contributed by atoms with Crippen LogP contribution in [0.2, 0.25) is 0 Å². The predicted molar refractivity (Wildman–Crippen MR) is 77.2 cm³/mol. The van der Waals surface area contributed by atoms with E-state index in [1.165, 1.54) is 32.1 Å². The molecule has 0 aromatic rings. The molecule has 1 saturated carbocycles. The van der Waals surface area contributed by atoms with Crippen LogP contribution in [0.5, 0.6) is 0 Å². The summed E-state index contributed by atoms with van der Waals surface area (Å²) >= 11 is 0. The number of likely N-dealkylation sites (tertiary alicyclic amines) is 1. The first-order chi connectivity index (χ1) is 9.11. The highest BCUT2D eigenvalue weighted by atomic mass is 16.4. The summed E-state index contributed by atoms with van der Waals surface area (Å²) in [6.07, 6.45) is 9.17. The Balaban J connectivity index is 1.90. The Labute approximate surface area is 117 Å². The minimum absolute atomic E-state index is 0.435. The Morgan fingerprint density at radius 1 is 1.26 bits per heavy atom. The van der Waals surface area contributed by atoms with E-state index in [0.29, 0.717) is 0 Å². The molecule has 0 amide bonds. The summed E-state index contributed by atoms with van der Waals surface area (Å²) in [5, 5.41) is 9.45. The highest BCUT2D eigenvalue weighted by molar-refractivity contribution is 5.74. The third-order valence-corrected chi connectivity index (χ3v) is 5.73. The number of carbonyl (C=O) groups is 1.